The molecule has 1 unspecified atom stereocenters. The quantitative estimate of drug-likeness (QED) is 0.132. The Morgan fingerprint density at radius 2 is 1.82 bits per heavy atom. The van der Waals surface area contributed by atoms with Gasteiger partial charge in [-0.1, -0.05) is 40.0 Å². The minimum Gasteiger partial charge on any atom is -0.464 e. The standard InChI is InChI=1S/C26H46N7O6P/c1-8-9-10-11-12-37-25(35)26(6,7)32-40(36,31-20(5)24(34)38-14-18(2)3)17-39-19(4)13-33-16-30-21-22(27)28-15-29-23(21)33/h15-16,18-20H,8-14,17H2,1-7H3,(H2,27,28,29)(H2,31,32,36)/t19-,20+,40?/m0/s1. The minimum absolute atomic E-state index is 0.149. The molecule has 0 aliphatic rings. The summed E-state index contributed by atoms with van der Waals surface area (Å²) in [5.74, 6) is -0.678. The van der Waals surface area contributed by atoms with Crippen LogP contribution in [0.15, 0.2) is 12.7 Å². The predicted octanol–water partition coefficient (Wildman–Crippen LogP) is 3.63. The lowest BCUT2D eigenvalue weighted by atomic mass is 10.1. The average molecular weight is 584 g/mol. The molecule has 2 heterocycles. The van der Waals surface area contributed by atoms with Gasteiger partial charge in [0, 0.05) is 0 Å². The first kappa shape index (κ1) is 33.6. The fraction of sp³-hybridized carbons (Fsp3) is 0.731. The maximum absolute atomic E-state index is 14.1. The normalized spacial score (nSPS) is 15.1. The highest BCUT2D eigenvalue weighted by Crippen LogP contribution is 2.40. The predicted molar refractivity (Wildman–Crippen MR) is 153 cm³/mol. The number of ether oxygens (including phenoxy) is 3. The Bertz CT molecular complexity index is 1160. The zero-order valence-electron chi connectivity index (χ0n) is 24.8. The fourth-order valence-electron chi connectivity index (χ4n) is 3.81. The Kier molecular flexibility index (Phi) is 12.9. The maximum Gasteiger partial charge on any atom is 0.326 e. The third-order valence-corrected chi connectivity index (χ3v) is 8.18. The molecular weight excluding hydrogens is 537 g/mol. The van der Waals surface area contributed by atoms with Crippen LogP contribution in [-0.2, 0) is 34.9 Å². The molecule has 0 amide bonds. The second-order valence-corrected chi connectivity index (χ2v) is 13.2. The zero-order chi connectivity index (χ0) is 29.9. The van der Waals surface area contributed by atoms with Crippen LogP contribution in [0, 0.1) is 5.92 Å². The van der Waals surface area contributed by atoms with Crippen molar-refractivity contribution in [2.75, 3.05) is 25.3 Å². The smallest absolute Gasteiger partial charge is 0.326 e. The lowest BCUT2D eigenvalue weighted by Gasteiger charge is -2.32. The van der Waals surface area contributed by atoms with Gasteiger partial charge in [-0.3, -0.25) is 14.2 Å². The maximum atomic E-state index is 14.1. The highest BCUT2D eigenvalue weighted by molar-refractivity contribution is 7.59. The largest absolute Gasteiger partial charge is 0.464 e. The van der Waals surface area contributed by atoms with Crippen molar-refractivity contribution in [3.63, 3.8) is 0 Å². The number of hydrogen-bond donors (Lipinski definition) is 3. The average Bonchev–Trinajstić information content (AvgIpc) is 3.29. The number of carbonyl (C=O) groups is 2. The van der Waals surface area contributed by atoms with Crippen molar-refractivity contribution in [3.05, 3.63) is 12.7 Å². The summed E-state index contributed by atoms with van der Waals surface area (Å²) in [7, 11) is -3.70. The molecule has 0 aliphatic heterocycles. The highest BCUT2D eigenvalue weighted by atomic mass is 31.2. The van der Waals surface area contributed by atoms with Gasteiger partial charge in [0.1, 0.15) is 29.8 Å². The van der Waals surface area contributed by atoms with Gasteiger partial charge < -0.3 is 24.5 Å². The summed E-state index contributed by atoms with van der Waals surface area (Å²) in [5.41, 5.74) is 5.58. The molecule has 0 saturated carbocycles. The first-order valence-corrected chi connectivity index (χ1v) is 15.7. The van der Waals surface area contributed by atoms with Crippen molar-refractivity contribution < 1.29 is 28.4 Å². The molecule has 3 atom stereocenters. The van der Waals surface area contributed by atoms with Crippen LogP contribution < -0.4 is 15.9 Å². The van der Waals surface area contributed by atoms with E-state index < -0.39 is 37.1 Å². The monoisotopic (exact) mass is 583 g/mol. The highest BCUT2D eigenvalue weighted by Gasteiger charge is 2.39. The Morgan fingerprint density at radius 3 is 2.50 bits per heavy atom. The van der Waals surface area contributed by atoms with Crippen LogP contribution in [0.3, 0.4) is 0 Å². The van der Waals surface area contributed by atoms with E-state index >= 15 is 0 Å². The molecule has 0 aromatic carbocycles. The molecule has 0 radical (unpaired) electrons. The molecule has 40 heavy (non-hydrogen) atoms. The number of hydrogen-bond acceptors (Lipinski definition) is 10. The Hall–Kier alpha value is -2.60. The Labute approximate surface area is 236 Å². The summed E-state index contributed by atoms with van der Waals surface area (Å²) < 4.78 is 32.6. The molecule has 2 aromatic rings. The van der Waals surface area contributed by atoms with E-state index in [1.165, 1.54) is 6.33 Å². The first-order valence-electron chi connectivity index (χ1n) is 13.8. The number of aromatic nitrogens is 4. The number of esters is 2. The molecule has 4 N–H and O–H groups in total. The van der Waals surface area contributed by atoms with E-state index in [9.17, 15) is 14.2 Å². The van der Waals surface area contributed by atoms with Crippen molar-refractivity contribution in [2.45, 2.75) is 98.4 Å². The molecule has 0 saturated heterocycles. The van der Waals surface area contributed by atoms with Crippen molar-refractivity contribution >= 4 is 36.4 Å². The molecule has 0 bridgehead atoms. The molecule has 2 rings (SSSR count). The van der Waals surface area contributed by atoms with Gasteiger partial charge >= 0.3 is 11.9 Å². The third kappa shape index (κ3) is 10.4. The molecule has 0 aliphatic carbocycles. The number of nitrogens with one attached hydrogen (secondary N) is 2. The van der Waals surface area contributed by atoms with E-state index in [0.29, 0.717) is 17.7 Å². The van der Waals surface area contributed by atoms with Gasteiger partial charge in [-0.25, -0.2) is 25.1 Å². The van der Waals surface area contributed by atoms with E-state index in [4.69, 9.17) is 19.9 Å². The van der Waals surface area contributed by atoms with E-state index in [1.54, 1.807) is 38.6 Å². The minimum atomic E-state index is -3.70. The van der Waals surface area contributed by atoms with Gasteiger partial charge in [-0.2, -0.15) is 0 Å². The van der Waals surface area contributed by atoms with Crippen molar-refractivity contribution in [1.82, 2.24) is 29.7 Å². The number of anilines is 1. The topological polar surface area (TPSA) is 173 Å². The van der Waals surface area contributed by atoms with Gasteiger partial charge in [-0.05, 0) is 40.0 Å². The molecule has 13 nitrogen and oxygen atoms in total. The molecular formula is C26H46N7O6P. The number of fused-ring (bicyclic) bond motifs is 1. The van der Waals surface area contributed by atoms with Crippen LogP contribution >= 0.6 is 7.44 Å². The number of unbranched alkanes of at least 4 members (excludes halogenated alkanes) is 3. The van der Waals surface area contributed by atoms with E-state index in [2.05, 4.69) is 32.1 Å². The summed E-state index contributed by atoms with van der Waals surface area (Å²) in [4.78, 5) is 37.9. The molecule has 2 aromatic heterocycles. The van der Waals surface area contributed by atoms with Gasteiger partial charge in [0.15, 0.2) is 11.5 Å². The summed E-state index contributed by atoms with van der Waals surface area (Å²) in [5, 5.41) is 5.75. The fourth-order valence-corrected chi connectivity index (χ4v) is 6.20. The number of imidazole rings is 1. The summed E-state index contributed by atoms with van der Waals surface area (Å²) >= 11 is 0. The van der Waals surface area contributed by atoms with Crippen LogP contribution in [0.5, 0.6) is 0 Å². The van der Waals surface area contributed by atoms with Crippen molar-refractivity contribution in [3.8, 4) is 0 Å². The van der Waals surface area contributed by atoms with Gasteiger partial charge in [-0.15, -0.1) is 0 Å². The van der Waals surface area contributed by atoms with Gasteiger partial charge in [0.25, 0.3) is 0 Å². The SMILES string of the molecule is CCCCCCOC(=O)C(C)(C)NP(=O)(CO[C@@H](C)Cn1cnc2c(N)ncnc21)N[C@H](C)C(=O)OCC(C)C. The third-order valence-electron chi connectivity index (χ3n) is 5.94. The lowest BCUT2D eigenvalue weighted by Crippen LogP contribution is -2.50. The van der Waals surface area contributed by atoms with Crippen LogP contribution in [0.2, 0.25) is 0 Å². The van der Waals surface area contributed by atoms with E-state index in [0.717, 1.165) is 25.7 Å². The number of rotatable bonds is 18. The second-order valence-electron chi connectivity index (χ2n) is 11.0. The summed E-state index contributed by atoms with van der Waals surface area (Å²) in [6.45, 7) is 13.3. The van der Waals surface area contributed by atoms with Gasteiger partial charge in [0.2, 0.25) is 7.44 Å². The number of nitrogens with two attached hydrogens (primary N) is 1. The van der Waals surface area contributed by atoms with Crippen LogP contribution in [0.25, 0.3) is 11.2 Å². The van der Waals surface area contributed by atoms with E-state index in [1.807, 2.05) is 13.8 Å². The molecule has 0 fully saturated rings. The van der Waals surface area contributed by atoms with Crippen LogP contribution in [0.4, 0.5) is 5.82 Å². The van der Waals surface area contributed by atoms with Crippen LogP contribution in [0.1, 0.15) is 74.1 Å². The first-order chi connectivity index (χ1) is 18.8. The van der Waals surface area contributed by atoms with Gasteiger partial charge in [0.05, 0.1) is 32.2 Å². The van der Waals surface area contributed by atoms with Crippen molar-refractivity contribution in [2.24, 2.45) is 5.92 Å². The Morgan fingerprint density at radius 1 is 1.10 bits per heavy atom. The lowest BCUT2D eigenvalue weighted by molar-refractivity contribution is -0.149. The number of nitrogen functional groups attached to an aromatic ring is 1. The molecule has 226 valence electrons. The number of nitrogens with zero attached hydrogens (tertiary/aromatic N) is 4. The van der Waals surface area contributed by atoms with Crippen LogP contribution in [-0.4, -0.2) is 68.7 Å². The Balaban J connectivity index is 2.12. The van der Waals surface area contributed by atoms with E-state index in [-0.39, 0.29) is 31.3 Å². The summed E-state index contributed by atoms with van der Waals surface area (Å²) in [6, 6.07) is -0.922. The number of carbonyl (C=O) groups excluding carboxylic acids is 2. The molecule has 0 spiro atoms. The van der Waals surface area contributed by atoms with Crippen molar-refractivity contribution in [1.29, 1.82) is 0 Å². The second kappa shape index (κ2) is 15.4. The summed E-state index contributed by atoms with van der Waals surface area (Å²) in [6.07, 6.45) is 6.04. The molecule has 14 heteroatoms. The zero-order valence-corrected chi connectivity index (χ0v) is 25.7.